The van der Waals surface area contributed by atoms with Crippen molar-refractivity contribution >= 4 is 5.91 Å². The van der Waals surface area contributed by atoms with E-state index in [9.17, 15) is 10.1 Å². The molecule has 0 radical (unpaired) electrons. The minimum atomic E-state index is -0.344. The highest BCUT2D eigenvalue weighted by Gasteiger charge is 2.29. The fourth-order valence-corrected chi connectivity index (χ4v) is 4.17. The fraction of sp³-hybridized carbons (Fsp3) is 0.320. The van der Waals surface area contributed by atoms with E-state index in [4.69, 9.17) is 4.74 Å². The van der Waals surface area contributed by atoms with E-state index in [2.05, 4.69) is 16.1 Å². The molecule has 1 fully saturated rings. The summed E-state index contributed by atoms with van der Waals surface area (Å²) in [6, 6.07) is 17.6. The van der Waals surface area contributed by atoms with Gasteiger partial charge in [0.25, 0.3) is 5.91 Å². The van der Waals surface area contributed by atoms with Gasteiger partial charge in [-0.3, -0.25) is 9.69 Å². The number of para-hydroxylation sites is 1. The Bertz CT molecular complexity index is 1140. The van der Waals surface area contributed by atoms with Crippen molar-refractivity contribution in [3.05, 3.63) is 77.1 Å². The van der Waals surface area contributed by atoms with Gasteiger partial charge in [0.2, 0.25) is 0 Å². The number of ether oxygens (including phenoxy) is 1. The predicted octanol–water partition coefficient (Wildman–Crippen LogP) is 3.52. The number of amides is 1. The van der Waals surface area contributed by atoms with E-state index in [1.165, 1.54) is 0 Å². The number of nitriles is 1. The molecule has 1 saturated heterocycles. The SMILES string of the molecule is COc1ccc(C(C#N)N2CCN(C(=O)c3cnn(-c4ccccc4C)c3C)CC2)cc1. The quantitative estimate of drug-likeness (QED) is 0.620. The summed E-state index contributed by atoms with van der Waals surface area (Å²) in [5, 5.41) is 14.2. The normalized spacial score (nSPS) is 15.2. The monoisotopic (exact) mass is 429 g/mol. The smallest absolute Gasteiger partial charge is 0.257 e. The van der Waals surface area contributed by atoms with Crippen LogP contribution in [0.1, 0.15) is 33.2 Å². The van der Waals surface area contributed by atoms with Crippen LogP contribution in [-0.2, 0) is 0 Å². The maximum absolute atomic E-state index is 13.2. The molecule has 0 spiro atoms. The molecule has 2 heterocycles. The summed E-state index contributed by atoms with van der Waals surface area (Å²) in [6.45, 7) is 6.39. The van der Waals surface area contributed by atoms with Crippen molar-refractivity contribution < 1.29 is 9.53 Å². The van der Waals surface area contributed by atoms with Crippen LogP contribution in [0.25, 0.3) is 5.69 Å². The molecule has 2 aromatic carbocycles. The lowest BCUT2D eigenvalue weighted by atomic mass is 10.1. The molecule has 3 aromatic rings. The van der Waals surface area contributed by atoms with Crippen molar-refractivity contribution in [2.75, 3.05) is 33.3 Å². The maximum atomic E-state index is 13.2. The van der Waals surface area contributed by atoms with Gasteiger partial charge in [0.1, 0.15) is 11.8 Å². The summed E-state index contributed by atoms with van der Waals surface area (Å²) in [6.07, 6.45) is 1.66. The lowest BCUT2D eigenvalue weighted by Crippen LogP contribution is -2.49. The van der Waals surface area contributed by atoms with E-state index in [1.807, 2.05) is 72.0 Å². The molecule has 1 unspecified atom stereocenters. The van der Waals surface area contributed by atoms with Crippen molar-refractivity contribution in [3.63, 3.8) is 0 Å². The van der Waals surface area contributed by atoms with Gasteiger partial charge in [-0.25, -0.2) is 4.68 Å². The van der Waals surface area contributed by atoms with Crippen molar-refractivity contribution in [1.29, 1.82) is 5.26 Å². The number of methoxy groups -OCH3 is 1. The molecule has 0 saturated carbocycles. The fourth-order valence-electron chi connectivity index (χ4n) is 4.17. The molecule has 1 aliphatic heterocycles. The lowest BCUT2D eigenvalue weighted by molar-refractivity contribution is 0.0605. The third kappa shape index (κ3) is 4.10. The predicted molar refractivity (Wildman–Crippen MR) is 122 cm³/mol. The zero-order valence-corrected chi connectivity index (χ0v) is 18.7. The molecular formula is C25H27N5O2. The molecule has 0 bridgehead atoms. The molecule has 1 atom stereocenters. The summed E-state index contributed by atoms with van der Waals surface area (Å²) >= 11 is 0. The number of nitrogens with zero attached hydrogens (tertiary/aromatic N) is 5. The molecule has 1 aliphatic rings. The van der Waals surface area contributed by atoms with Crippen LogP contribution in [0.2, 0.25) is 0 Å². The molecule has 7 nitrogen and oxygen atoms in total. The van der Waals surface area contributed by atoms with Gasteiger partial charge in [0, 0.05) is 26.2 Å². The average Bonchev–Trinajstić information content (AvgIpc) is 3.21. The first-order chi connectivity index (χ1) is 15.5. The van der Waals surface area contributed by atoms with E-state index in [0.717, 1.165) is 28.3 Å². The van der Waals surface area contributed by atoms with E-state index in [0.29, 0.717) is 31.7 Å². The first-order valence-electron chi connectivity index (χ1n) is 10.7. The van der Waals surface area contributed by atoms with E-state index in [1.54, 1.807) is 13.3 Å². The molecule has 0 aliphatic carbocycles. The molecule has 4 rings (SSSR count). The Hall–Kier alpha value is -3.63. The topological polar surface area (TPSA) is 74.4 Å². The number of hydrogen-bond acceptors (Lipinski definition) is 5. The largest absolute Gasteiger partial charge is 0.497 e. The van der Waals surface area contributed by atoms with Crippen LogP contribution in [0.3, 0.4) is 0 Å². The number of aryl methyl sites for hydroxylation is 1. The second-order valence-electron chi connectivity index (χ2n) is 7.97. The number of carbonyl (C=O) groups excluding carboxylic acids is 1. The van der Waals surface area contributed by atoms with Gasteiger partial charge in [-0.15, -0.1) is 0 Å². The molecule has 1 aromatic heterocycles. The molecule has 0 N–H and O–H groups in total. The van der Waals surface area contributed by atoms with Crippen LogP contribution in [0.15, 0.2) is 54.7 Å². The number of benzene rings is 2. The van der Waals surface area contributed by atoms with Crippen molar-refractivity contribution in [3.8, 4) is 17.5 Å². The Morgan fingerprint density at radius 1 is 1.06 bits per heavy atom. The van der Waals surface area contributed by atoms with Crippen molar-refractivity contribution in [2.24, 2.45) is 0 Å². The van der Waals surface area contributed by atoms with Gasteiger partial charge < -0.3 is 9.64 Å². The number of aromatic nitrogens is 2. The lowest BCUT2D eigenvalue weighted by Gasteiger charge is -2.37. The molecular weight excluding hydrogens is 402 g/mol. The third-order valence-corrected chi connectivity index (χ3v) is 6.10. The summed E-state index contributed by atoms with van der Waals surface area (Å²) in [7, 11) is 1.62. The Labute approximate surface area is 188 Å². The van der Waals surface area contributed by atoms with Gasteiger partial charge in [0.05, 0.1) is 36.3 Å². The highest BCUT2D eigenvalue weighted by atomic mass is 16.5. The molecule has 32 heavy (non-hydrogen) atoms. The zero-order chi connectivity index (χ0) is 22.7. The molecule has 164 valence electrons. The highest BCUT2D eigenvalue weighted by molar-refractivity contribution is 5.95. The zero-order valence-electron chi connectivity index (χ0n) is 18.7. The molecule has 1 amide bonds. The Morgan fingerprint density at radius 2 is 1.75 bits per heavy atom. The van der Waals surface area contributed by atoms with Gasteiger partial charge >= 0.3 is 0 Å². The number of hydrogen-bond donors (Lipinski definition) is 0. The van der Waals surface area contributed by atoms with E-state index < -0.39 is 0 Å². The maximum Gasteiger partial charge on any atom is 0.257 e. The second kappa shape index (κ2) is 9.25. The molecule has 7 heteroatoms. The highest BCUT2D eigenvalue weighted by Crippen LogP contribution is 2.25. The van der Waals surface area contributed by atoms with Gasteiger partial charge in [-0.2, -0.15) is 10.4 Å². The van der Waals surface area contributed by atoms with Crippen LogP contribution in [-0.4, -0.2) is 58.8 Å². The van der Waals surface area contributed by atoms with Crippen molar-refractivity contribution in [1.82, 2.24) is 19.6 Å². The van der Waals surface area contributed by atoms with Gasteiger partial charge in [0.15, 0.2) is 0 Å². The Balaban J connectivity index is 1.45. The minimum absolute atomic E-state index is 0.0139. The summed E-state index contributed by atoms with van der Waals surface area (Å²) in [5.41, 5.74) is 4.47. The number of rotatable bonds is 5. The van der Waals surface area contributed by atoms with Gasteiger partial charge in [-0.1, -0.05) is 30.3 Å². The van der Waals surface area contributed by atoms with Crippen LogP contribution in [0.5, 0.6) is 5.75 Å². The van der Waals surface area contributed by atoms with Crippen molar-refractivity contribution in [2.45, 2.75) is 19.9 Å². The van der Waals surface area contributed by atoms with Crippen LogP contribution in [0.4, 0.5) is 0 Å². The second-order valence-corrected chi connectivity index (χ2v) is 7.97. The summed E-state index contributed by atoms with van der Waals surface area (Å²) in [5.74, 6) is 0.752. The van der Waals surface area contributed by atoms with Crippen LogP contribution >= 0.6 is 0 Å². The third-order valence-electron chi connectivity index (χ3n) is 6.10. The Kier molecular flexibility index (Phi) is 6.24. The standard InChI is InChI=1S/C25H27N5O2/c1-18-6-4-5-7-23(18)30-19(2)22(17-27-30)25(31)29-14-12-28(13-15-29)24(16-26)20-8-10-21(32-3)11-9-20/h4-11,17,24H,12-15H2,1-3H3. The first kappa shape index (κ1) is 21.6. The Morgan fingerprint density at radius 3 is 2.38 bits per heavy atom. The van der Waals surface area contributed by atoms with E-state index in [-0.39, 0.29) is 11.9 Å². The van der Waals surface area contributed by atoms with Crippen LogP contribution in [0, 0.1) is 25.2 Å². The number of carbonyl (C=O) groups is 1. The summed E-state index contributed by atoms with van der Waals surface area (Å²) in [4.78, 5) is 17.2. The minimum Gasteiger partial charge on any atom is -0.497 e. The summed E-state index contributed by atoms with van der Waals surface area (Å²) < 4.78 is 7.04. The van der Waals surface area contributed by atoms with Crippen LogP contribution < -0.4 is 4.74 Å². The average molecular weight is 430 g/mol. The van der Waals surface area contributed by atoms with E-state index >= 15 is 0 Å². The number of piperazine rings is 1. The van der Waals surface area contributed by atoms with Gasteiger partial charge in [-0.05, 0) is 43.2 Å². The first-order valence-corrected chi connectivity index (χ1v) is 10.7.